The number of nitrogens with one attached hydrogen (secondary N) is 2. The second kappa shape index (κ2) is 6.39. The summed E-state index contributed by atoms with van der Waals surface area (Å²) in [6, 6.07) is 6.53. The molecule has 0 heterocycles. The molecule has 1 fully saturated rings. The number of hydrogen-bond acceptors (Lipinski definition) is 4. The summed E-state index contributed by atoms with van der Waals surface area (Å²) in [5.41, 5.74) is 0.927. The van der Waals surface area contributed by atoms with Gasteiger partial charge in [0.05, 0.1) is 5.92 Å². The summed E-state index contributed by atoms with van der Waals surface area (Å²) in [4.78, 5) is 34.7. The summed E-state index contributed by atoms with van der Waals surface area (Å²) in [5.74, 6) is -0.693. The van der Waals surface area contributed by atoms with Gasteiger partial charge in [-0.25, -0.2) is 0 Å². The normalized spacial score (nSPS) is 19.5. The number of ether oxygens (including phenoxy) is 1. The fourth-order valence-corrected chi connectivity index (χ4v) is 1.97. The Kier molecular flexibility index (Phi) is 4.57. The first kappa shape index (κ1) is 15.0. The predicted molar refractivity (Wildman–Crippen MR) is 76.7 cm³/mol. The van der Waals surface area contributed by atoms with E-state index < -0.39 is 5.91 Å². The molecule has 1 aromatic rings. The van der Waals surface area contributed by atoms with Crippen LogP contribution in [0.4, 0.5) is 5.69 Å². The number of rotatable bonds is 5. The third kappa shape index (κ3) is 4.05. The van der Waals surface area contributed by atoms with Crippen LogP contribution in [0.5, 0.6) is 0 Å². The van der Waals surface area contributed by atoms with E-state index in [1.807, 2.05) is 6.92 Å². The molecule has 0 bridgehead atoms. The van der Waals surface area contributed by atoms with Gasteiger partial charge < -0.3 is 15.4 Å². The Morgan fingerprint density at radius 3 is 2.67 bits per heavy atom. The first-order valence-corrected chi connectivity index (χ1v) is 6.80. The Hall–Kier alpha value is -2.37. The SMILES string of the molecule is CNC(=O)c1cccc(NC(=O)COC(=O)[C@H]2C[C@H]2C)c1. The van der Waals surface area contributed by atoms with Crippen LogP contribution in [0.25, 0.3) is 0 Å². The highest BCUT2D eigenvalue weighted by molar-refractivity contribution is 5.97. The molecule has 0 unspecified atom stereocenters. The lowest BCUT2D eigenvalue weighted by Crippen LogP contribution is -2.22. The smallest absolute Gasteiger partial charge is 0.309 e. The Bertz CT molecular complexity index is 571. The van der Waals surface area contributed by atoms with Gasteiger partial charge in [0.1, 0.15) is 0 Å². The van der Waals surface area contributed by atoms with Crippen molar-refractivity contribution in [1.29, 1.82) is 0 Å². The summed E-state index contributed by atoms with van der Waals surface area (Å²) in [6.45, 7) is 1.66. The van der Waals surface area contributed by atoms with Crippen molar-refractivity contribution >= 4 is 23.5 Å². The van der Waals surface area contributed by atoms with Crippen molar-refractivity contribution in [3.05, 3.63) is 29.8 Å². The van der Waals surface area contributed by atoms with E-state index in [1.54, 1.807) is 24.3 Å². The Balaban J connectivity index is 1.84. The van der Waals surface area contributed by atoms with E-state index in [1.165, 1.54) is 7.05 Å². The van der Waals surface area contributed by atoms with Crippen LogP contribution in [0.1, 0.15) is 23.7 Å². The van der Waals surface area contributed by atoms with Crippen molar-refractivity contribution in [2.24, 2.45) is 11.8 Å². The fraction of sp³-hybridized carbons (Fsp3) is 0.400. The molecule has 0 saturated heterocycles. The standard InChI is InChI=1S/C15H18N2O4/c1-9-6-12(9)15(20)21-8-13(18)17-11-5-3-4-10(7-11)14(19)16-2/h3-5,7,9,12H,6,8H2,1-2H3,(H,16,19)(H,17,18)/t9-,12+/m1/s1. The highest BCUT2D eigenvalue weighted by Gasteiger charge is 2.40. The Morgan fingerprint density at radius 2 is 2.05 bits per heavy atom. The van der Waals surface area contributed by atoms with Crippen LogP contribution in [0.3, 0.4) is 0 Å². The van der Waals surface area contributed by atoms with Crippen LogP contribution in [-0.4, -0.2) is 31.4 Å². The van der Waals surface area contributed by atoms with Crippen LogP contribution in [0, 0.1) is 11.8 Å². The van der Waals surface area contributed by atoms with Crippen LogP contribution in [0.15, 0.2) is 24.3 Å². The summed E-state index contributed by atoms with van der Waals surface area (Å²) in [5, 5.41) is 5.10. The molecule has 2 N–H and O–H groups in total. The van der Waals surface area contributed by atoms with Gasteiger partial charge in [-0.2, -0.15) is 0 Å². The molecule has 1 aliphatic carbocycles. The van der Waals surface area contributed by atoms with Crippen molar-refractivity contribution in [2.75, 3.05) is 19.0 Å². The van der Waals surface area contributed by atoms with Gasteiger partial charge >= 0.3 is 5.97 Å². The van der Waals surface area contributed by atoms with Crippen molar-refractivity contribution in [1.82, 2.24) is 5.32 Å². The lowest BCUT2D eigenvalue weighted by atomic mass is 10.2. The van der Waals surface area contributed by atoms with E-state index in [9.17, 15) is 14.4 Å². The van der Waals surface area contributed by atoms with Gasteiger partial charge in [0.25, 0.3) is 11.8 Å². The number of amides is 2. The number of carbonyl (C=O) groups is 3. The molecule has 6 heteroatoms. The molecular weight excluding hydrogens is 272 g/mol. The molecule has 6 nitrogen and oxygen atoms in total. The second-order valence-corrected chi connectivity index (χ2v) is 5.14. The lowest BCUT2D eigenvalue weighted by Gasteiger charge is -2.07. The second-order valence-electron chi connectivity index (χ2n) is 5.14. The lowest BCUT2D eigenvalue weighted by molar-refractivity contribution is -0.148. The van der Waals surface area contributed by atoms with Gasteiger partial charge in [0.2, 0.25) is 0 Å². The number of anilines is 1. The van der Waals surface area contributed by atoms with Gasteiger partial charge in [-0.05, 0) is 30.5 Å². The zero-order chi connectivity index (χ0) is 15.4. The maximum Gasteiger partial charge on any atom is 0.309 e. The van der Waals surface area contributed by atoms with E-state index in [0.29, 0.717) is 17.2 Å². The zero-order valence-corrected chi connectivity index (χ0v) is 12.0. The molecule has 0 aromatic heterocycles. The van der Waals surface area contributed by atoms with Crippen molar-refractivity contribution in [3.63, 3.8) is 0 Å². The molecule has 112 valence electrons. The minimum Gasteiger partial charge on any atom is -0.455 e. The molecule has 2 atom stereocenters. The van der Waals surface area contributed by atoms with Gasteiger partial charge in [0, 0.05) is 18.3 Å². The molecule has 2 rings (SSSR count). The third-order valence-corrected chi connectivity index (χ3v) is 3.39. The average Bonchev–Trinajstić information content (AvgIpc) is 3.21. The van der Waals surface area contributed by atoms with E-state index >= 15 is 0 Å². The van der Waals surface area contributed by atoms with E-state index in [0.717, 1.165) is 6.42 Å². The number of esters is 1. The van der Waals surface area contributed by atoms with Gasteiger partial charge in [-0.1, -0.05) is 13.0 Å². The van der Waals surface area contributed by atoms with Crippen LogP contribution in [-0.2, 0) is 14.3 Å². The van der Waals surface area contributed by atoms with Crippen molar-refractivity contribution in [2.45, 2.75) is 13.3 Å². The number of carbonyl (C=O) groups excluding carboxylic acids is 3. The van der Waals surface area contributed by atoms with Crippen LogP contribution in [0.2, 0.25) is 0 Å². The van der Waals surface area contributed by atoms with Gasteiger partial charge in [-0.3, -0.25) is 14.4 Å². The molecule has 2 amide bonds. The summed E-state index contributed by atoms with van der Waals surface area (Å²) in [7, 11) is 1.53. The van der Waals surface area contributed by atoms with Gasteiger partial charge in [-0.15, -0.1) is 0 Å². The first-order chi connectivity index (χ1) is 10.0. The minimum atomic E-state index is -0.425. The van der Waals surface area contributed by atoms with Crippen molar-refractivity contribution in [3.8, 4) is 0 Å². The van der Waals surface area contributed by atoms with Crippen molar-refractivity contribution < 1.29 is 19.1 Å². The monoisotopic (exact) mass is 290 g/mol. The van der Waals surface area contributed by atoms with E-state index in [4.69, 9.17) is 4.74 Å². The zero-order valence-electron chi connectivity index (χ0n) is 12.0. The molecule has 1 aliphatic rings. The number of hydrogen-bond donors (Lipinski definition) is 2. The quantitative estimate of drug-likeness (QED) is 0.798. The average molecular weight is 290 g/mol. The molecule has 0 aliphatic heterocycles. The fourth-order valence-electron chi connectivity index (χ4n) is 1.97. The molecule has 0 spiro atoms. The Morgan fingerprint density at radius 1 is 1.33 bits per heavy atom. The largest absolute Gasteiger partial charge is 0.455 e. The summed E-state index contributed by atoms with van der Waals surface area (Å²) in [6.07, 6.45) is 0.828. The molecule has 21 heavy (non-hydrogen) atoms. The Labute approximate surface area is 122 Å². The highest BCUT2D eigenvalue weighted by Crippen LogP contribution is 2.38. The minimum absolute atomic E-state index is 0.0608. The van der Waals surface area contributed by atoms with Crippen LogP contribution < -0.4 is 10.6 Å². The molecular formula is C15H18N2O4. The van der Waals surface area contributed by atoms with Gasteiger partial charge in [0.15, 0.2) is 6.61 Å². The molecule has 1 aromatic carbocycles. The van der Waals surface area contributed by atoms with Crippen LogP contribution >= 0.6 is 0 Å². The summed E-state index contributed by atoms with van der Waals surface area (Å²) < 4.78 is 4.94. The predicted octanol–water partition coefficient (Wildman–Crippen LogP) is 1.18. The molecule has 0 radical (unpaired) electrons. The van der Waals surface area contributed by atoms with E-state index in [-0.39, 0.29) is 24.4 Å². The van der Waals surface area contributed by atoms with E-state index in [2.05, 4.69) is 10.6 Å². The number of benzene rings is 1. The maximum atomic E-state index is 11.7. The maximum absolute atomic E-state index is 11.7. The topological polar surface area (TPSA) is 84.5 Å². The summed E-state index contributed by atoms with van der Waals surface area (Å²) >= 11 is 0. The highest BCUT2D eigenvalue weighted by atomic mass is 16.5. The molecule has 1 saturated carbocycles. The third-order valence-electron chi connectivity index (χ3n) is 3.39. The first-order valence-electron chi connectivity index (χ1n) is 6.80.